The van der Waals surface area contributed by atoms with Crippen LogP contribution in [0.25, 0.3) is 33.5 Å². The van der Waals surface area contributed by atoms with Gasteiger partial charge in [-0.05, 0) is 48.2 Å². The number of benzene rings is 3. The van der Waals surface area contributed by atoms with Crippen LogP contribution in [0.15, 0.2) is 79.3 Å². The van der Waals surface area contributed by atoms with Gasteiger partial charge in [-0.1, -0.05) is 48.5 Å². The van der Waals surface area contributed by atoms with Gasteiger partial charge in [-0.25, -0.2) is 9.97 Å². The maximum atomic E-state index is 12.3. The normalized spacial score (nSPS) is 11.0. The van der Waals surface area contributed by atoms with Crippen LogP contribution in [0.1, 0.15) is 17.7 Å². The Balaban J connectivity index is 1.30. The van der Waals surface area contributed by atoms with Crippen LogP contribution in [0, 0.1) is 6.92 Å². The van der Waals surface area contributed by atoms with E-state index in [9.17, 15) is 4.79 Å². The van der Waals surface area contributed by atoms with Gasteiger partial charge < -0.3 is 15.3 Å². The number of H-pyrrole nitrogens is 2. The Morgan fingerprint density at radius 1 is 0.969 bits per heavy atom. The number of hydrogen-bond acceptors (Lipinski definition) is 3. The van der Waals surface area contributed by atoms with Crippen molar-refractivity contribution in [1.29, 1.82) is 0 Å². The van der Waals surface area contributed by atoms with E-state index in [1.165, 1.54) is 0 Å². The maximum absolute atomic E-state index is 12.3. The minimum absolute atomic E-state index is 0.0210. The molecule has 0 radical (unpaired) electrons. The molecule has 6 heteroatoms. The van der Waals surface area contributed by atoms with E-state index < -0.39 is 0 Å². The quantitative estimate of drug-likeness (QED) is 0.338. The van der Waals surface area contributed by atoms with Crippen molar-refractivity contribution >= 4 is 22.6 Å². The Morgan fingerprint density at radius 2 is 1.78 bits per heavy atom. The number of imidazole rings is 2. The molecule has 0 bridgehead atoms. The number of carbonyl (C=O) groups is 1. The molecule has 1 amide bonds. The van der Waals surface area contributed by atoms with Crippen molar-refractivity contribution in [2.24, 2.45) is 0 Å². The summed E-state index contributed by atoms with van der Waals surface area (Å²) in [5.41, 5.74) is 8.10. The number of fused-ring (bicyclic) bond motifs is 1. The van der Waals surface area contributed by atoms with Gasteiger partial charge in [-0.2, -0.15) is 0 Å². The summed E-state index contributed by atoms with van der Waals surface area (Å²) < 4.78 is 0. The lowest BCUT2D eigenvalue weighted by atomic mass is 10.0. The van der Waals surface area contributed by atoms with Crippen LogP contribution >= 0.6 is 0 Å². The fourth-order valence-corrected chi connectivity index (χ4v) is 3.80. The van der Waals surface area contributed by atoms with Crippen LogP contribution in [-0.2, 0) is 11.2 Å². The summed E-state index contributed by atoms with van der Waals surface area (Å²) in [5, 5.41) is 2.98. The van der Waals surface area contributed by atoms with Crippen molar-refractivity contribution in [1.82, 2.24) is 19.9 Å². The third-order valence-corrected chi connectivity index (χ3v) is 5.53. The van der Waals surface area contributed by atoms with E-state index in [0.29, 0.717) is 12.8 Å². The summed E-state index contributed by atoms with van der Waals surface area (Å²) in [6, 6.07) is 22.3. The number of hydrogen-bond donors (Lipinski definition) is 3. The third-order valence-electron chi connectivity index (χ3n) is 5.53. The fraction of sp³-hybridized carbons (Fsp3) is 0.115. The third kappa shape index (κ3) is 4.16. The molecular weight excluding hydrogens is 398 g/mol. The summed E-state index contributed by atoms with van der Waals surface area (Å²) in [4.78, 5) is 27.4. The van der Waals surface area contributed by atoms with E-state index in [4.69, 9.17) is 4.98 Å². The number of aromatic amines is 2. The molecule has 3 N–H and O–H groups in total. The first-order valence-electron chi connectivity index (χ1n) is 10.6. The number of nitrogens with one attached hydrogen (secondary N) is 3. The van der Waals surface area contributed by atoms with Crippen LogP contribution in [0.4, 0.5) is 5.69 Å². The first kappa shape index (κ1) is 19.8. The van der Waals surface area contributed by atoms with E-state index in [-0.39, 0.29) is 5.91 Å². The molecular formula is C26H23N5O. The van der Waals surface area contributed by atoms with E-state index in [0.717, 1.165) is 50.5 Å². The molecule has 0 fully saturated rings. The molecule has 32 heavy (non-hydrogen) atoms. The van der Waals surface area contributed by atoms with Crippen molar-refractivity contribution < 1.29 is 4.79 Å². The van der Waals surface area contributed by atoms with E-state index in [2.05, 4.69) is 57.5 Å². The molecule has 2 aromatic heterocycles. The van der Waals surface area contributed by atoms with Crippen LogP contribution in [0.3, 0.4) is 0 Å². The van der Waals surface area contributed by atoms with Gasteiger partial charge in [0.25, 0.3) is 0 Å². The van der Waals surface area contributed by atoms with Crippen molar-refractivity contribution in [3.63, 3.8) is 0 Å². The van der Waals surface area contributed by atoms with Crippen LogP contribution in [0.5, 0.6) is 0 Å². The molecule has 0 aliphatic rings. The number of amides is 1. The van der Waals surface area contributed by atoms with Gasteiger partial charge in [0, 0.05) is 29.6 Å². The second-order valence-corrected chi connectivity index (χ2v) is 7.84. The highest BCUT2D eigenvalue weighted by Crippen LogP contribution is 2.27. The summed E-state index contributed by atoms with van der Waals surface area (Å²) in [6.45, 7) is 2.07. The minimum atomic E-state index is -0.0210. The SMILES string of the molecule is Cc1cccc2[nH]c(-c3ccc(-c4cccc(NC(=O)CCc5cnc[nH]5)c4)cc3)nc12. The molecule has 6 nitrogen and oxygen atoms in total. The average Bonchev–Trinajstić information content (AvgIpc) is 3.49. The second-order valence-electron chi connectivity index (χ2n) is 7.84. The van der Waals surface area contributed by atoms with Gasteiger partial charge in [-0.15, -0.1) is 0 Å². The Morgan fingerprint density at radius 3 is 2.56 bits per heavy atom. The zero-order chi connectivity index (χ0) is 21.9. The molecule has 0 saturated carbocycles. The number of anilines is 1. The Labute approximate surface area is 185 Å². The lowest BCUT2D eigenvalue weighted by molar-refractivity contribution is -0.116. The number of nitrogens with zero attached hydrogens (tertiary/aromatic N) is 2. The highest BCUT2D eigenvalue weighted by molar-refractivity contribution is 5.91. The highest BCUT2D eigenvalue weighted by atomic mass is 16.1. The van der Waals surface area contributed by atoms with Gasteiger partial charge >= 0.3 is 0 Å². The van der Waals surface area contributed by atoms with Crippen molar-refractivity contribution in [2.45, 2.75) is 19.8 Å². The maximum Gasteiger partial charge on any atom is 0.224 e. The fourth-order valence-electron chi connectivity index (χ4n) is 3.80. The van der Waals surface area contributed by atoms with Crippen LogP contribution in [-0.4, -0.2) is 25.8 Å². The van der Waals surface area contributed by atoms with E-state index >= 15 is 0 Å². The second kappa shape index (κ2) is 8.51. The largest absolute Gasteiger partial charge is 0.348 e. The highest BCUT2D eigenvalue weighted by Gasteiger charge is 2.09. The van der Waals surface area contributed by atoms with Crippen LogP contribution < -0.4 is 5.32 Å². The average molecular weight is 422 g/mol. The lowest BCUT2D eigenvalue weighted by Gasteiger charge is -2.08. The van der Waals surface area contributed by atoms with Gasteiger partial charge in [0.05, 0.1) is 17.4 Å². The first-order chi connectivity index (χ1) is 15.7. The number of rotatable bonds is 6. The van der Waals surface area contributed by atoms with Gasteiger partial charge in [0.1, 0.15) is 5.82 Å². The number of para-hydroxylation sites is 1. The van der Waals surface area contributed by atoms with E-state index in [1.807, 2.05) is 36.4 Å². The van der Waals surface area contributed by atoms with Gasteiger partial charge in [-0.3, -0.25) is 4.79 Å². The molecule has 0 saturated heterocycles. The Hall–Kier alpha value is -4.19. The predicted molar refractivity (Wildman–Crippen MR) is 127 cm³/mol. The number of carbonyl (C=O) groups excluding carboxylic acids is 1. The monoisotopic (exact) mass is 421 g/mol. The summed E-state index contributed by atoms with van der Waals surface area (Å²) in [7, 11) is 0. The summed E-state index contributed by atoms with van der Waals surface area (Å²) in [5.74, 6) is 0.839. The topological polar surface area (TPSA) is 86.5 Å². The molecule has 0 unspecified atom stereocenters. The predicted octanol–water partition coefficient (Wildman–Crippen LogP) is 5.50. The van der Waals surface area contributed by atoms with Crippen molar-refractivity contribution in [2.75, 3.05) is 5.32 Å². The molecule has 3 aromatic carbocycles. The van der Waals surface area contributed by atoms with Gasteiger partial charge in [0.15, 0.2) is 0 Å². The zero-order valence-corrected chi connectivity index (χ0v) is 17.7. The molecule has 5 rings (SSSR count). The Bertz CT molecular complexity index is 1370. The Kier molecular flexibility index (Phi) is 5.25. The summed E-state index contributed by atoms with van der Waals surface area (Å²) >= 11 is 0. The zero-order valence-electron chi connectivity index (χ0n) is 17.7. The minimum Gasteiger partial charge on any atom is -0.348 e. The molecule has 2 heterocycles. The van der Waals surface area contributed by atoms with Crippen LogP contribution in [0.2, 0.25) is 0 Å². The molecule has 0 atom stereocenters. The number of aryl methyl sites for hydroxylation is 2. The van der Waals surface area contributed by atoms with E-state index in [1.54, 1.807) is 12.5 Å². The molecule has 0 aliphatic carbocycles. The number of aromatic nitrogens is 4. The molecule has 0 spiro atoms. The van der Waals surface area contributed by atoms with Crippen molar-refractivity contribution in [3.8, 4) is 22.5 Å². The lowest BCUT2D eigenvalue weighted by Crippen LogP contribution is -2.12. The molecule has 158 valence electrons. The smallest absolute Gasteiger partial charge is 0.224 e. The molecule has 0 aliphatic heterocycles. The standard InChI is InChI=1S/C26H23N5O/c1-17-4-2-7-23-25(17)31-26(30-23)19-10-8-18(9-11-19)20-5-3-6-21(14-20)29-24(32)13-12-22-15-27-16-28-22/h2-11,14-16H,12-13H2,1H3,(H,27,28)(H,29,32)(H,30,31). The first-order valence-corrected chi connectivity index (χ1v) is 10.6. The van der Waals surface area contributed by atoms with Crippen molar-refractivity contribution in [3.05, 3.63) is 90.5 Å². The van der Waals surface area contributed by atoms with Gasteiger partial charge in [0.2, 0.25) is 5.91 Å². The summed E-state index contributed by atoms with van der Waals surface area (Å²) in [6.07, 6.45) is 4.40. The molecule has 5 aromatic rings.